The molecule has 1 N–H and O–H groups in total. The summed E-state index contributed by atoms with van der Waals surface area (Å²) in [4.78, 5) is 14.3. The number of fused-ring (bicyclic) bond motifs is 1. The Morgan fingerprint density at radius 2 is 2.40 bits per heavy atom. The van der Waals surface area contributed by atoms with Crippen LogP contribution < -0.4 is 5.32 Å². The molecule has 0 unspecified atom stereocenters. The summed E-state index contributed by atoms with van der Waals surface area (Å²) in [5.41, 5.74) is 1.41. The van der Waals surface area contributed by atoms with Gasteiger partial charge >= 0.3 is 0 Å². The molecule has 2 aromatic heterocycles. The molecular weight excluding hydrogens is 358 g/mol. The summed E-state index contributed by atoms with van der Waals surface area (Å²) in [5, 5.41) is 11.5. The average molecular weight is 382 g/mol. The van der Waals surface area contributed by atoms with E-state index in [0.29, 0.717) is 17.7 Å². The molecule has 0 aliphatic heterocycles. The lowest BCUT2D eigenvalue weighted by Gasteiger charge is -2.16. The second-order valence-electron chi connectivity index (χ2n) is 6.49. The fraction of sp³-hybridized carbons (Fsp3) is 0.588. The third-order valence-electron chi connectivity index (χ3n) is 4.10. The van der Waals surface area contributed by atoms with Gasteiger partial charge in [0.1, 0.15) is 0 Å². The Morgan fingerprint density at radius 3 is 3.20 bits per heavy atom. The molecule has 8 heteroatoms. The first-order valence-electron chi connectivity index (χ1n) is 8.41. The van der Waals surface area contributed by atoms with Crippen molar-refractivity contribution in [3.05, 3.63) is 16.5 Å². The predicted octanol–water partition coefficient (Wildman–Crippen LogP) is 3.17. The number of amides is 1. The van der Waals surface area contributed by atoms with Crippen molar-refractivity contribution in [3.63, 3.8) is 0 Å². The summed E-state index contributed by atoms with van der Waals surface area (Å²) >= 11 is 2.99. The molecule has 0 saturated heterocycles. The van der Waals surface area contributed by atoms with Crippen LogP contribution in [0.15, 0.2) is 15.7 Å². The van der Waals surface area contributed by atoms with Crippen molar-refractivity contribution in [1.82, 2.24) is 15.5 Å². The number of rotatable bonds is 7. The van der Waals surface area contributed by atoms with Crippen molar-refractivity contribution in [2.24, 2.45) is 5.92 Å². The number of thiophene rings is 1. The second kappa shape index (κ2) is 8.33. The van der Waals surface area contributed by atoms with Gasteiger partial charge in [-0.3, -0.25) is 4.79 Å². The molecule has 1 aliphatic rings. The number of nitrogens with zero attached hydrogens (tertiary/aromatic N) is 2. The van der Waals surface area contributed by atoms with E-state index < -0.39 is 0 Å². The zero-order valence-corrected chi connectivity index (χ0v) is 16.3. The van der Waals surface area contributed by atoms with Gasteiger partial charge in [-0.2, -0.15) is 0 Å². The highest BCUT2D eigenvalue weighted by molar-refractivity contribution is 7.99. The first-order chi connectivity index (χ1) is 12.0. The summed E-state index contributed by atoms with van der Waals surface area (Å²) in [6.07, 6.45) is 3.51. The van der Waals surface area contributed by atoms with E-state index in [2.05, 4.69) is 28.5 Å². The van der Waals surface area contributed by atoms with Gasteiger partial charge in [0.15, 0.2) is 0 Å². The summed E-state index contributed by atoms with van der Waals surface area (Å²) in [6.45, 7) is 4.68. The van der Waals surface area contributed by atoms with E-state index in [1.807, 2.05) is 6.92 Å². The molecule has 1 aliphatic carbocycles. The van der Waals surface area contributed by atoms with Crippen LogP contribution in [0.4, 0.5) is 0 Å². The molecular formula is C17H23N3O3S2. The first-order valence-corrected chi connectivity index (χ1v) is 10.2. The van der Waals surface area contributed by atoms with Gasteiger partial charge in [0, 0.05) is 18.0 Å². The molecule has 0 bridgehead atoms. The third kappa shape index (κ3) is 4.83. The molecule has 2 atom stereocenters. The van der Waals surface area contributed by atoms with Crippen LogP contribution in [0.1, 0.15) is 30.7 Å². The van der Waals surface area contributed by atoms with E-state index in [0.717, 1.165) is 23.6 Å². The number of ether oxygens (including phenoxy) is 1. The summed E-state index contributed by atoms with van der Waals surface area (Å²) in [7, 11) is 1.61. The fourth-order valence-electron chi connectivity index (χ4n) is 2.91. The summed E-state index contributed by atoms with van der Waals surface area (Å²) in [6, 6.07) is 2.16. The molecule has 6 nitrogen and oxygen atoms in total. The quantitative estimate of drug-likeness (QED) is 0.743. The van der Waals surface area contributed by atoms with E-state index in [1.54, 1.807) is 18.4 Å². The Balaban J connectivity index is 1.57. The van der Waals surface area contributed by atoms with Crippen LogP contribution in [0.25, 0.3) is 10.8 Å². The molecule has 25 heavy (non-hydrogen) atoms. The highest BCUT2D eigenvalue weighted by Gasteiger charge is 2.21. The Bertz CT molecular complexity index is 729. The van der Waals surface area contributed by atoms with E-state index in [1.165, 1.54) is 28.6 Å². The topological polar surface area (TPSA) is 77.2 Å². The zero-order chi connectivity index (χ0) is 17.8. The molecule has 2 heterocycles. The number of hydrogen-bond acceptors (Lipinski definition) is 7. The number of nitrogens with one attached hydrogen (secondary N) is 1. The van der Waals surface area contributed by atoms with Crippen LogP contribution >= 0.6 is 23.1 Å². The van der Waals surface area contributed by atoms with Crippen molar-refractivity contribution in [2.45, 2.75) is 44.4 Å². The van der Waals surface area contributed by atoms with E-state index in [-0.39, 0.29) is 17.7 Å². The monoisotopic (exact) mass is 381 g/mol. The standard InChI is InChI=1S/C17H23N3O3S2/c1-10-4-5-13-12(6-10)7-14(25-13)16-19-20-17(23-16)24-9-15(21)18-11(2)8-22-3/h7,10-11H,4-6,8-9H2,1-3H3,(H,18,21)/t10-,11+/m0/s1. The molecule has 1 amide bonds. The number of aryl methyl sites for hydroxylation is 1. The molecule has 0 saturated carbocycles. The van der Waals surface area contributed by atoms with Crippen molar-refractivity contribution in [3.8, 4) is 10.8 Å². The van der Waals surface area contributed by atoms with Crippen LogP contribution in [0.5, 0.6) is 0 Å². The van der Waals surface area contributed by atoms with Crippen molar-refractivity contribution < 1.29 is 13.9 Å². The lowest BCUT2D eigenvalue weighted by atomic mass is 9.90. The zero-order valence-electron chi connectivity index (χ0n) is 14.7. The molecule has 0 aromatic carbocycles. The largest absolute Gasteiger partial charge is 0.410 e. The maximum absolute atomic E-state index is 11.9. The molecule has 0 radical (unpaired) electrons. The van der Waals surface area contributed by atoms with Crippen molar-refractivity contribution in [1.29, 1.82) is 0 Å². The van der Waals surface area contributed by atoms with Crippen LogP contribution in [0.3, 0.4) is 0 Å². The van der Waals surface area contributed by atoms with E-state index in [9.17, 15) is 4.79 Å². The first kappa shape index (κ1) is 18.4. The normalized spacial score (nSPS) is 18.0. The van der Waals surface area contributed by atoms with Gasteiger partial charge in [0.05, 0.1) is 17.2 Å². The van der Waals surface area contributed by atoms with Gasteiger partial charge in [0.25, 0.3) is 11.1 Å². The number of carbonyl (C=O) groups is 1. The van der Waals surface area contributed by atoms with Gasteiger partial charge in [0.2, 0.25) is 5.91 Å². The molecule has 0 spiro atoms. The number of aromatic nitrogens is 2. The molecule has 2 aromatic rings. The van der Waals surface area contributed by atoms with Crippen LogP contribution in [0, 0.1) is 5.92 Å². The lowest BCUT2D eigenvalue weighted by molar-refractivity contribution is -0.119. The van der Waals surface area contributed by atoms with Crippen molar-refractivity contribution >= 4 is 29.0 Å². The predicted molar refractivity (Wildman–Crippen MR) is 99.0 cm³/mol. The van der Waals surface area contributed by atoms with Gasteiger partial charge in [-0.25, -0.2) is 0 Å². The van der Waals surface area contributed by atoms with Crippen LogP contribution in [0.2, 0.25) is 0 Å². The smallest absolute Gasteiger partial charge is 0.277 e. The third-order valence-corrected chi connectivity index (χ3v) is 6.14. The highest BCUT2D eigenvalue weighted by Crippen LogP contribution is 2.37. The lowest BCUT2D eigenvalue weighted by Crippen LogP contribution is -2.36. The Morgan fingerprint density at radius 1 is 1.56 bits per heavy atom. The van der Waals surface area contributed by atoms with Gasteiger partial charge in [-0.1, -0.05) is 18.7 Å². The van der Waals surface area contributed by atoms with Gasteiger partial charge < -0.3 is 14.5 Å². The molecule has 3 rings (SSSR count). The van der Waals surface area contributed by atoms with Gasteiger partial charge in [-0.15, -0.1) is 21.5 Å². The van der Waals surface area contributed by atoms with Gasteiger partial charge in [-0.05, 0) is 43.7 Å². The Hall–Kier alpha value is -1.38. The maximum atomic E-state index is 11.9. The highest BCUT2D eigenvalue weighted by atomic mass is 32.2. The Kier molecular flexibility index (Phi) is 6.14. The van der Waals surface area contributed by atoms with Crippen LogP contribution in [-0.2, 0) is 22.4 Å². The number of thioether (sulfide) groups is 1. The summed E-state index contributed by atoms with van der Waals surface area (Å²) in [5.74, 6) is 1.45. The average Bonchev–Trinajstić information content (AvgIpc) is 3.19. The SMILES string of the molecule is COC[C@@H](C)NC(=O)CSc1nnc(-c2cc3c(s2)CC[C@H](C)C3)o1. The van der Waals surface area contributed by atoms with Crippen LogP contribution in [-0.4, -0.2) is 41.6 Å². The number of carbonyl (C=O) groups excluding carboxylic acids is 1. The minimum Gasteiger partial charge on any atom is -0.410 e. The van der Waals surface area contributed by atoms with E-state index in [4.69, 9.17) is 9.15 Å². The number of hydrogen-bond donors (Lipinski definition) is 1. The Labute approximate surface area is 155 Å². The fourth-order valence-corrected chi connectivity index (χ4v) is 4.62. The minimum atomic E-state index is -0.0742. The minimum absolute atomic E-state index is 0.0174. The van der Waals surface area contributed by atoms with E-state index >= 15 is 0 Å². The van der Waals surface area contributed by atoms with Crippen molar-refractivity contribution in [2.75, 3.05) is 19.5 Å². The maximum Gasteiger partial charge on any atom is 0.277 e. The molecule has 0 fully saturated rings. The second-order valence-corrected chi connectivity index (χ2v) is 8.56. The summed E-state index contributed by atoms with van der Waals surface area (Å²) < 4.78 is 10.7. The number of methoxy groups -OCH3 is 1. The molecule has 136 valence electrons.